The van der Waals surface area contributed by atoms with Crippen LogP contribution in [-0.4, -0.2) is 56.6 Å². The lowest BCUT2D eigenvalue weighted by molar-refractivity contribution is -0.129. The summed E-state index contributed by atoms with van der Waals surface area (Å²) in [5.74, 6) is 0.0707. The van der Waals surface area contributed by atoms with E-state index < -0.39 is 11.6 Å². The van der Waals surface area contributed by atoms with E-state index in [1.54, 1.807) is 40.9 Å². The number of amides is 1. The first kappa shape index (κ1) is 21.0. The molecule has 1 N–H and O–H groups in total. The maximum Gasteiger partial charge on any atom is 0.219 e. The highest BCUT2D eigenvalue weighted by atomic mass is 19.1. The molecule has 1 fully saturated rings. The summed E-state index contributed by atoms with van der Waals surface area (Å²) in [6.45, 7) is 5.79. The molecule has 0 spiro atoms. The summed E-state index contributed by atoms with van der Waals surface area (Å²) in [4.78, 5) is 24.5. The second-order valence-electron chi connectivity index (χ2n) is 8.15. The Morgan fingerprint density at radius 3 is 2.64 bits per heavy atom. The average molecular weight is 451 g/mol. The highest BCUT2D eigenvalue weighted by molar-refractivity contribution is 5.83. The minimum atomic E-state index is -0.670. The maximum atomic E-state index is 14.6. The monoisotopic (exact) mass is 451 g/mol. The third kappa shape index (κ3) is 3.92. The van der Waals surface area contributed by atoms with Crippen molar-refractivity contribution < 1.29 is 13.6 Å². The summed E-state index contributed by atoms with van der Waals surface area (Å²) >= 11 is 0. The average Bonchev–Trinajstić information content (AvgIpc) is 3.28. The lowest BCUT2D eigenvalue weighted by atomic mass is 10.0. The Kier molecular flexibility index (Phi) is 5.27. The summed E-state index contributed by atoms with van der Waals surface area (Å²) in [5.41, 5.74) is 1.72. The van der Waals surface area contributed by atoms with Gasteiger partial charge in [0.15, 0.2) is 5.65 Å². The Labute approximate surface area is 188 Å². The molecule has 10 heteroatoms. The Balaban J connectivity index is 1.56. The molecular weight excluding hydrogens is 428 g/mol. The number of aromatic nitrogens is 4. The molecule has 4 heterocycles. The highest BCUT2D eigenvalue weighted by Crippen LogP contribution is 2.32. The van der Waals surface area contributed by atoms with Crippen LogP contribution >= 0.6 is 0 Å². The number of nitrogens with zero attached hydrogens (tertiary/aromatic N) is 6. The van der Waals surface area contributed by atoms with Crippen LogP contribution in [0.5, 0.6) is 0 Å². The zero-order chi connectivity index (χ0) is 23.1. The number of piperazine rings is 1. The van der Waals surface area contributed by atoms with Crippen molar-refractivity contribution in [2.24, 2.45) is 0 Å². The van der Waals surface area contributed by atoms with E-state index in [0.29, 0.717) is 37.6 Å². The van der Waals surface area contributed by atoms with Crippen molar-refractivity contribution >= 4 is 34.1 Å². The van der Waals surface area contributed by atoms with Crippen LogP contribution in [0.4, 0.5) is 20.4 Å². The number of benzene rings is 1. The number of pyridine rings is 1. The smallest absolute Gasteiger partial charge is 0.219 e. The molecule has 4 aromatic rings. The number of carbonyl (C=O) groups excluding carboxylic acids is 1. The van der Waals surface area contributed by atoms with Gasteiger partial charge in [-0.2, -0.15) is 9.61 Å². The topological polar surface area (TPSA) is 78.7 Å². The first-order valence-electron chi connectivity index (χ1n) is 10.8. The van der Waals surface area contributed by atoms with Gasteiger partial charge in [0.1, 0.15) is 23.3 Å². The lowest BCUT2D eigenvalue weighted by Gasteiger charge is -2.36. The second kappa shape index (κ2) is 8.27. The third-order valence-corrected chi connectivity index (χ3v) is 6.00. The molecule has 1 saturated heterocycles. The quantitative estimate of drug-likeness (QED) is 0.513. The van der Waals surface area contributed by atoms with Crippen LogP contribution in [0.25, 0.3) is 16.6 Å². The number of halogens is 2. The van der Waals surface area contributed by atoms with Crippen LogP contribution in [0.2, 0.25) is 0 Å². The van der Waals surface area contributed by atoms with Crippen LogP contribution in [-0.2, 0) is 4.79 Å². The zero-order valence-electron chi connectivity index (χ0n) is 18.3. The van der Waals surface area contributed by atoms with E-state index in [1.807, 2.05) is 13.0 Å². The van der Waals surface area contributed by atoms with Gasteiger partial charge in [0.2, 0.25) is 5.91 Å². The fraction of sp³-hybridized carbons (Fsp3) is 0.304. The fourth-order valence-corrected chi connectivity index (χ4v) is 4.25. The summed E-state index contributed by atoms with van der Waals surface area (Å²) in [6, 6.07) is 7.17. The molecule has 1 aliphatic heterocycles. The van der Waals surface area contributed by atoms with Gasteiger partial charge in [-0.3, -0.25) is 4.79 Å². The molecule has 33 heavy (non-hydrogen) atoms. The van der Waals surface area contributed by atoms with E-state index in [4.69, 9.17) is 0 Å². The van der Waals surface area contributed by atoms with Gasteiger partial charge < -0.3 is 15.1 Å². The normalized spacial score (nSPS) is 15.3. The molecule has 1 amide bonds. The SMILES string of the molecule is CC(=O)N1CCN(c2nc3cc(F)cc(F)c3cc2C(C)Nc2ccnc3ccnn23)CC1. The zero-order valence-corrected chi connectivity index (χ0v) is 18.3. The fourth-order valence-electron chi connectivity index (χ4n) is 4.25. The van der Waals surface area contributed by atoms with Crippen molar-refractivity contribution in [2.45, 2.75) is 19.9 Å². The number of nitrogens with one attached hydrogen (secondary N) is 1. The Morgan fingerprint density at radius 2 is 1.88 bits per heavy atom. The van der Waals surface area contributed by atoms with Gasteiger partial charge in [-0.15, -0.1) is 0 Å². The van der Waals surface area contributed by atoms with Gasteiger partial charge in [0.25, 0.3) is 0 Å². The molecule has 8 nitrogen and oxygen atoms in total. The molecule has 0 aliphatic carbocycles. The molecule has 5 rings (SSSR count). The number of hydrogen-bond acceptors (Lipinski definition) is 6. The molecule has 1 aromatic carbocycles. The van der Waals surface area contributed by atoms with E-state index in [0.717, 1.165) is 17.4 Å². The minimum Gasteiger partial charge on any atom is -0.363 e. The van der Waals surface area contributed by atoms with Crippen molar-refractivity contribution in [3.05, 3.63) is 59.9 Å². The van der Waals surface area contributed by atoms with Crippen LogP contribution in [0, 0.1) is 11.6 Å². The molecule has 0 radical (unpaired) electrons. The number of rotatable bonds is 4. The molecule has 0 saturated carbocycles. The first-order chi connectivity index (χ1) is 15.9. The van der Waals surface area contributed by atoms with Crippen molar-refractivity contribution in [2.75, 3.05) is 36.4 Å². The summed E-state index contributed by atoms with van der Waals surface area (Å²) in [6.07, 6.45) is 3.36. The van der Waals surface area contributed by atoms with Gasteiger partial charge in [0.05, 0.1) is 17.8 Å². The highest BCUT2D eigenvalue weighted by Gasteiger charge is 2.25. The predicted molar refractivity (Wildman–Crippen MR) is 121 cm³/mol. The van der Waals surface area contributed by atoms with Crippen LogP contribution < -0.4 is 10.2 Å². The molecule has 3 aromatic heterocycles. The standard InChI is InChI=1S/C23H23F2N7O/c1-14(28-22-3-5-26-21-4-6-27-32(21)22)17-13-18-19(25)11-16(24)12-20(18)29-23(17)31-9-7-30(8-10-31)15(2)33/h3-6,11-14,28H,7-10H2,1-2H3. The molecule has 0 bridgehead atoms. The predicted octanol–water partition coefficient (Wildman–Crippen LogP) is 3.40. The number of anilines is 2. The van der Waals surface area contributed by atoms with E-state index in [1.165, 1.54) is 6.07 Å². The number of carbonyl (C=O) groups is 1. The summed E-state index contributed by atoms with van der Waals surface area (Å²) < 4.78 is 30.2. The third-order valence-electron chi connectivity index (χ3n) is 6.00. The summed E-state index contributed by atoms with van der Waals surface area (Å²) in [7, 11) is 0. The number of hydrogen-bond donors (Lipinski definition) is 1. The van der Waals surface area contributed by atoms with Crippen molar-refractivity contribution in [1.29, 1.82) is 0 Å². The molecule has 1 aliphatic rings. The van der Waals surface area contributed by atoms with Crippen molar-refractivity contribution in [3.8, 4) is 0 Å². The molecular formula is C23H23F2N7O. The van der Waals surface area contributed by atoms with Gasteiger partial charge in [-0.25, -0.2) is 18.7 Å². The molecule has 1 atom stereocenters. The molecule has 170 valence electrons. The molecule has 1 unspecified atom stereocenters. The first-order valence-corrected chi connectivity index (χ1v) is 10.8. The maximum absolute atomic E-state index is 14.6. The van der Waals surface area contributed by atoms with Crippen LogP contribution in [0.15, 0.2) is 42.7 Å². The largest absolute Gasteiger partial charge is 0.363 e. The van der Waals surface area contributed by atoms with Crippen LogP contribution in [0.3, 0.4) is 0 Å². The van der Waals surface area contributed by atoms with E-state index in [-0.39, 0.29) is 22.9 Å². The lowest BCUT2D eigenvalue weighted by Crippen LogP contribution is -2.48. The van der Waals surface area contributed by atoms with Crippen molar-refractivity contribution in [3.63, 3.8) is 0 Å². The van der Waals surface area contributed by atoms with Crippen molar-refractivity contribution in [1.82, 2.24) is 24.5 Å². The summed E-state index contributed by atoms with van der Waals surface area (Å²) in [5, 5.41) is 7.98. The minimum absolute atomic E-state index is 0.0291. The van der Waals surface area contributed by atoms with Crippen LogP contribution in [0.1, 0.15) is 25.5 Å². The van der Waals surface area contributed by atoms with E-state index in [2.05, 4.69) is 25.3 Å². The van der Waals surface area contributed by atoms with Gasteiger partial charge in [-0.1, -0.05) is 0 Å². The Hall–Kier alpha value is -3.82. The second-order valence-corrected chi connectivity index (χ2v) is 8.15. The Bertz CT molecular complexity index is 1350. The van der Waals surface area contributed by atoms with Gasteiger partial charge in [-0.05, 0) is 19.1 Å². The number of fused-ring (bicyclic) bond motifs is 2. The van der Waals surface area contributed by atoms with Gasteiger partial charge in [0, 0.05) is 68.4 Å². The van der Waals surface area contributed by atoms with E-state index in [9.17, 15) is 13.6 Å². The van der Waals surface area contributed by atoms with Gasteiger partial charge >= 0.3 is 0 Å². The van der Waals surface area contributed by atoms with E-state index >= 15 is 0 Å². The Morgan fingerprint density at radius 1 is 1.09 bits per heavy atom.